The molecule has 9 nitrogen and oxygen atoms in total. The molecule has 2 N–H and O–H groups in total. The van der Waals surface area contributed by atoms with Crippen molar-refractivity contribution in [2.24, 2.45) is 7.05 Å². The molecule has 29 heavy (non-hydrogen) atoms. The van der Waals surface area contributed by atoms with Crippen LogP contribution in [0.1, 0.15) is 20.8 Å². The van der Waals surface area contributed by atoms with E-state index in [0.717, 1.165) is 5.69 Å². The molecule has 3 rings (SSSR count). The van der Waals surface area contributed by atoms with Crippen LogP contribution in [0.4, 0.5) is 22.1 Å². The number of halogens is 1. The van der Waals surface area contributed by atoms with Gasteiger partial charge in [-0.2, -0.15) is 10.1 Å². The van der Waals surface area contributed by atoms with Crippen molar-refractivity contribution in [2.75, 3.05) is 10.6 Å². The summed E-state index contributed by atoms with van der Waals surface area (Å²) in [5.74, 6) is 1.17. The number of rotatable bonds is 5. The second-order valence-corrected chi connectivity index (χ2v) is 7.99. The molecule has 0 aliphatic heterocycles. The minimum absolute atomic E-state index is 0.320. The number of amides is 1. The molecule has 2 heterocycles. The van der Waals surface area contributed by atoms with Gasteiger partial charge in [-0.05, 0) is 48.8 Å². The fourth-order valence-corrected chi connectivity index (χ4v) is 2.54. The summed E-state index contributed by atoms with van der Waals surface area (Å²) in [6.45, 7) is 5.40. The molecular weight excluding hydrogens is 440 g/mol. The number of benzene rings is 1. The van der Waals surface area contributed by atoms with Crippen molar-refractivity contribution in [2.45, 2.75) is 26.4 Å². The van der Waals surface area contributed by atoms with Crippen LogP contribution in [0.2, 0.25) is 0 Å². The Morgan fingerprint density at radius 3 is 2.69 bits per heavy atom. The molecule has 0 saturated carbocycles. The number of nitrogens with one attached hydrogen (secondary N) is 2. The number of nitrogens with zero attached hydrogens (tertiary/aromatic N) is 4. The van der Waals surface area contributed by atoms with Crippen LogP contribution in [0.25, 0.3) is 0 Å². The molecule has 0 atom stereocenters. The van der Waals surface area contributed by atoms with E-state index < -0.39 is 11.7 Å². The number of aryl methyl sites for hydroxylation is 1. The number of carbonyl (C=O) groups excluding carboxylic acids is 1. The van der Waals surface area contributed by atoms with E-state index in [-0.39, 0.29) is 0 Å². The van der Waals surface area contributed by atoms with E-state index in [1.54, 1.807) is 68.3 Å². The molecule has 3 aromatic rings. The maximum atomic E-state index is 12.0. The first-order valence-electron chi connectivity index (χ1n) is 8.74. The summed E-state index contributed by atoms with van der Waals surface area (Å²) in [6, 6.07) is 6.92. The highest BCUT2D eigenvalue weighted by atomic mass is 79.9. The SMILES string of the molecule is Cn1cc(Nc2ncc(Br)c(Oc3cccc(NC(=O)OC(C)(C)C)c3)n2)cn1. The Morgan fingerprint density at radius 1 is 1.21 bits per heavy atom. The number of hydrogen-bond donors (Lipinski definition) is 2. The third-order valence-electron chi connectivity index (χ3n) is 3.37. The van der Waals surface area contributed by atoms with Gasteiger partial charge in [0.2, 0.25) is 11.8 Å². The smallest absolute Gasteiger partial charge is 0.412 e. The zero-order valence-corrected chi connectivity index (χ0v) is 18.0. The first-order valence-corrected chi connectivity index (χ1v) is 9.53. The zero-order valence-electron chi connectivity index (χ0n) is 16.4. The minimum atomic E-state index is -0.582. The van der Waals surface area contributed by atoms with Gasteiger partial charge in [0.15, 0.2) is 0 Å². The van der Waals surface area contributed by atoms with Crippen LogP contribution in [0.3, 0.4) is 0 Å². The van der Waals surface area contributed by atoms with Crippen LogP contribution in [-0.4, -0.2) is 31.4 Å². The average Bonchev–Trinajstić information content (AvgIpc) is 3.01. The van der Waals surface area contributed by atoms with Gasteiger partial charge < -0.3 is 14.8 Å². The van der Waals surface area contributed by atoms with Crippen molar-refractivity contribution in [3.63, 3.8) is 0 Å². The van der Waals surface area contributed by atoms with E-state index in [1.807, 2.05) is 7.05 Å². The van der Waals surface area contributed by atoms with Gasteiger partial charge in [0.05, 0.1) is 22.6 Å². The standard InChI is InChI=1S/C19H21BrN6O3/c1-19(2,3)29-18(27)24-12-6-5-7-14(8-12)28-16-15(20)10-21-17(25-16)23-13-9-22-26(4)11-13/h5-11H,1-4H3,(H,24,27)(H,21,23,25). The van der Waals surface area contributed by atoms with Crippen molar-refractivity contribution in [3.8, 4) is 11.6 Å². The van der Waals surface area contributed by atoms with Crippen molar-refractivity contribution in [1.82, 2.24) is 19.7 Å². The lowest BCUT2D eigenvalue weighted by Gasteiger charge is -2.19. The summed E-state index contributed by atoms with van der Waals surface area (Å²) in [4.78, 5) is 20.5. The normalized spacial score (nSPS) is 11.1. The van der Waals surface area contributed by atoms with Crippen LogP contribution in [0.15, 0.2) is 47.3 Å². The highest BCUT2D eigenvalue weighted by Gasteiger charge is 2.16. The number of carbonyl (C=O) groups is 1. The summed E-state index contributed by atoms with van der Waals surface area (Å²) in [7, 11) is 1.82. The Bertz CT molecular complexity index is 1020. The van der Waals surface area contributed by atoms with Crippen molar-refractivity contribution in [1.29, 1.82) is 0 Å². The number of ether oxygens (including phenoxy) is 2. The fourth-order valence-electron chi connectivity index (χ4n) is 2.27. The maximum absolute atomic E-state index is 12.0. The van der Waals surface area contributed by atoms with Gasteiger partial charge >= 0.3 is 6.09 Å². The van der Waals surface area contributed by atoms with Gasteiger partial charge in [-0.1, -0.05) is 6.07 Å². The number of aromatic nitrogens is 4. The molecule has 0 unspecified atom stereocenters. The zero-order chi connectivity index (χ0) is 21.0. The second kappa shape index (κ2) is 8.48. The molecule has 1 amide bonds. The van der Waals surface area contributed by atoms with E-state index in [4.69, 9.17) is 9.47 Å². The Kier molecular flexibility index (Phi) is 6.02. The lowest BCUT2D eigenvalue weighted by Crippen LogP contribution is -2.27. The van der Waals surface area contributed by atoms with Crippen molar-refractivity contribution >= 4 is 39.3 Å². The van der Waals surface area contributed by atoms with E-state index in [1.165, 1.54) is 0 Å². The Hall–Kier alpha value is -3.14. The molecule has 0 saturated heterocycles. The highest BCUT2D eigenvalue weighted by Crippen LogP contribution is 2.30. The van der Waals surface area contributed by atoms with Gasteiger partial charge in [0.25, 0.3) is 0 Å². The highest BCUT2D eigenvalue weighted by molar-refractivity contribution is 9.10. The third kappa shape index (κ3) is 6.18. The molecule has 0 radical (unpaired) electrons. The Morgan fingerprint density at radius 2 is 2.00 bits per heavy atom. The minimum Gasteiger partial charge on any atom is -0.444 e. The summed E-state index contributed by atoms with van der Waals surface area (Å²) in [5, 5.41) is 9.83. The molecule has 10 heteroatoms. The van der Waals surface area contributed by atoms with E-state index in [9.17, 15) is 4.79 Å². The lowest BCUT2D eigenvalue weighted by atomic mass is 10.2. The fraction of sp³-hybridized carbons (Fsp3) is 0.263. The molecule has 0 spiro atoms. The van der Waals surface area contributed by atoms with Gasteiger partial charge in [0, 0.05) is 25.0 Å². The number of hydrogen-bond acceptors (Lipinski definition) is 7. The summed E-state index contributed by atoms with van der Waals surface area (Å²) < 4.78 is 13.4. The van der Waals surface area contributed by atoms with Crippen LogP contribution < -0.4 is 15.4 Å². The largest absolute Gasteiger partial charge is 0.444 e. The van der Waals surface area contributed by atoms with E-state index in [2.05, 4.69) is 41.6 Å². The summed E-state index contributed by atoms with van der Waals surface area (Å²) >= 11 is 3.39. The van der Waals surface area contributed by atoms with Gasteiger partial charge in [0.1, 0.15) is 11.4 Å². The molecule has 0 bridgehead atoms. The van der Waals surface area contributed by atoms with Gasteiger partial charge in [-0.15, -0.1) is 0 Å². The van der Waals surface area contributed by atoms with Crippen LogP contribution in [0, 0.1) is 0 Å². The first kappa shape index (κ1) is 20.6. The quantitative estimate of drug-likeness (QED) is 0.560. The van der Waals surface area contributed by atoms with Crippen LogP contribution in [-0.2, 0) is 11.8 Å². The third-order valence-corrected chi connectivity index (χ3v) is 3.91. The summed E-state index contributed by atoms with van der Waals surface area (Å²) in [6.07, 6.45) is 4.51. The molecule has 0 fully saturated rings. The predicted octanol–water partition coefficient (Wildman–Crippen LogP) is 4.86. The average molecular weight is 461 g/mol. The van der Waals surface area contributed by atoms with Crippen LogP contribution >= 0.6 is 15.9 Å². The van der Waals surface area contributed by atoms with Crippen molar-refractivity contribution in [3.05, 3.63) is 47.3 Å². The monoisotopic (exact) mass is 460 g/mol. The predicted molar refractivity (Wildman–Crippen MR) is 113 cm³/mol. The topological polar surface area (TPSA) is 103 Å². The number of anilines is 3. The van der Waals surface area contributed by atoms with E-state index >= 15 is 0 Å². The van der Waals surface area contributed by atoms with Crippen molar-refractivity contribution < 1.29 is 14.3 Å². The molecular formula is C19H21BrN6O3. The maximum Gasteiger partial charge on any atom is 0.412 e. The van der Waals surface area contributed by atoms with E-state index in [0.29, 0.717) is 27.7 Å². The van der Waals surface area contributed by atoms with Gasteiger partial charge in [-0.25, -0.2) is 9.78 Å². The first-order chi connectivity index (χ1) is 13.7. The Balaban J connectivity index is 1.72. The molecule has 152 valence electrons. The van der Waals surface area contributed by atoms with Crippen LogP contribution in [0.5, 0.6) is 11.6 Å². The molecule has 0 aliphatic carbocycles. The molecule has 0 aliphatic rings. The molecule has 1 aromatic carbocycles. The van der Waals surface area contributed by atoms with Gasteiger partial charge in [-0.3, -0.25) is 10.00 Å². The lowest BCUT2D eigenvalue weighted by molar-refractivity contribution is 0.0636. The summed E-state index contributed by atoms with van der Waals surface area (Å²) in [5.41, 5.74) is 0.710. The molecule has 2 aromatic heterocycles. The second-order valence-electron chi connectivity index (χ2n) is 7.13. The Labute approximate surface area is 176 Å².